The van der Waals surface area contributed by atoms with Crippen LogP contribution in [0.5, 0.6) is 0 Å². The largest absolute Gasteiger partial charge is 1.00 e. The van der Waals surface area contributed by atoms with Crippen molar-refractivity contribution in [1.82, 2.24) is 4.90 Å². The average Bonchev–Trinajstić information content (AvgIpc) is 3.32. The Kier molecular flexibility index (Phi) is 53.9. The number of nitrogens with zero attached hydrogens (tertiary/aromatic N) is 2. The number of esters is 1. The van der Waals surface area contributed by atoms with Crippen LogP contribution in [0.15, 0.2) is 12.2 Å². The minimum atomic E-state index is -0.157. The third-order valence-electron chi connectivity index (χ3n) is 11.7. The number of hydrogen-bond donors (Lipinski definition) is 0. The minimum absolute atomic E-state index is 0. The molecule has 15 heteroatoms. The summed E-state index contributed by atoms with van der Waals surface area (Å²) < 4.78 is 62.1. The Labute approximate surface area is 420 Å². The van der Waals surface area contributed by atoms with Gasteiger partial charge in [-0.15, -0.1) is 0 Å². The van der Waals surface area contributed by atoms with Gasteiger partial charge in [0.15, 0.2) is 0 Å². The van der Waals surface area contributed by atoms with Crippen molar-refractivity contribution in [1.29, 1.82) is 0 Å². The van der Waals surface area contributed by atoms with Crippen molar-refractivity contribution in [3.8, 4) is 0 Å². The smallest absolute Gasteiger partial charge is 0.307 e. The van der Waals surface area contributed by atoms with Crippen LogP contribution in [-0.4, -0.2) is 200 Å². The fraction of sp³-hybridized carbons (Fsp3) is 0.942. The molecule has 0 aromatic heterocycles. The Hall–Kier alpha value is -0.790. The molecule has 1 heterocycles. The van der Waals surface area contributed by atoms with Gasteiger partial charge in [0.2, 0.25) is 0 Å². The third-order valence-corrected chi connectivity index (χ3v) is 11.7. The molecule has 0 atom stereocenters. The highest BCUT2D eigenvalue weighted by Gasteiger charge is 2.28. The van der Waals surface area contributed by atoms with Gasteiger partial charge in [-0.2, -0.15) is 0 Å². The first-order chi connectivity index (χ1) is 32.6. The molecule has 0 amide bonds. The summed E-state index contributed by atoms with van der Waals surface area (Å²) in [6.45, 7) is 21.8. The van der Waals surface area contributed by atoms with Crippen LogP contribution in [0.3, 0.4) is 0 Å². The Balaban J connectivity index is 0.0000436. The summed E-state index contributed by atoms with van der Waals surface area (Å²) in [4.78, 5) is 14.5. The Morgan fingerprint density at radius 2 is 0.731 bits per heavy atom. The minimum Gasteiger partial charge on any atom is -1.00 e. The van der Waals surface area contributed by atoms with Crippen LogP contribution in [0.2, 0.25) is 0 Å². The maximum atomic E-state index is 12.1. The summed E-state index contributed by atoms with van der Waals surface area (Å²) >= 11 is 0. The van der Waals surface area contributed by atoms with E-state index in [2.05, 4.69) is 37.9 Å². The molecule has 0 N–H and O–H groups in total. The van der Waals surface area contributed by atoms with Gasteiger partial charge in [-0.3, -0.25) is 9.69 Å². The monoisotopic (exact) mass is 1030 g/mol. The Morgan fingerprint density at radius 1 is 0.418 bits per heavy atom. The molecule has 0 aromatic carbocycles. The summed E-state index contributed by atoms with van der Waals surface area (Å²) in [5.41, 5.74) is 0. The van der Waals surface area contributed by atoms with Gasteiger partial charge >= 0.3 is 5.97 Å². The van der Waals surface area contributed by atoms with Gasteiger partial charge in [-0.05, 0) is 44.9 Å². The molecular formula is C52H103BrN2O12. The number of likely N-dealkylation sites (N-methyl/N-ethyl adjacent to an activating group) is 1. The van der Waals surface area contributed by atoms with Crippen LogP contribution in [-0.2, 0) is 56.9 Å². The van der Waals surface area contributed by atoms with Gasteiger partial charge < -0.3 is 73.6 Å². The first-order valence-corrected chi connectivity index (χ1v) is 26.7. The van der Waals surface area contributed by atoms with Crippen molar-refractivity contribution in [3.63, 3.8) is 0 Å². The molecule has 400 valence electrons. The zero-order chi connectivity index (χ0) is 47.4. The van der Waals surface area contributed by atoms with Gasteiger partial charge in [0.05, 0.1) is 159 Å². The SMILES string of the molecule is CCCCCCCCC=CCCCCCCCCOCCOCCOCCOCCOCCOCCOCCOCCOCCOCCOC(=O)CCN1CC[N+](C)(CCCCCC)CC1.[Br-]. The molecule has 1 saturated heterocycles. The number of unbranched alkanes of at least 4 members (excludes halogenated alkanes) is 15. The van der Waals surface area contributed by atoms with E-state index in [0.29, 0.717) is 132 Å². The van der Waals surface area contributed by atoms with Crippen LogP contribution in [0, 0.1) is 0 Å². The number of allylic oxidation sites excluding steroid dienone is 2. The number of halogens is 1. The second-order valence-electron chi connectivity index (χ2n) is 17.7. The maximum absolute atomic E-state index is 12.1. The van der Waals surface area contributed by atoms with Crippen molar-refractivity contribution < 1.29 is 78.4 Å². The van der Waals surface area contributed by atoms with Gasteiger partial charge in [0, 0.05) is 26.2 Å². The van der Waals surface area contributed by atoms with Crippen molar-refractivity contribution in [2.45, 2.75) is 136 Å². The Morgan fingerprint density at radius 3 is 1.12 bits per heavy atom. The predicted octanol–water partition coefficient (Wildman–Crippen LogP) is 5.47. The van der Waals surface area contributed by atoms with E-state index in [1.807, 2.05) is 0 Å². The van der Waals surface area contributed by atoms with E-state index in [9.17, 15) is 4.79 Å². The van der Waals surface area contributed by atoms with Crippen LogP contribution >= 0.6 is 0 Å². The van der Waals surface area contributed by atoms with Gasteiger partial charge in [0.1, 0.15) is 6.61 Å². The lowest BCUT2D eigenvalue weighted by Gasteiger charge is -2.42. The van der Waals surface area contributed by atoms with Crippen molar-refractivity contribution in [2.75, 3.05) is 185 Å². The van der Waals surface area contributed by atoms with E-state index in [1.165, 1.54) is 116 Å². The van der Waals surface area contributed by atoms with Crippen LogP contribution < -0.4 is 17.0 Å². The van der Waals surface area contributed by atoms with E-state index < -0.39 is 0 Å². The third kappa shape index (κ3) is 50.0. The van der Waals surface area contributed by atoms with E-state index in [4.69, 9.17) is 52.1 Å². The molecule has 0 saturated carbocycles. The highest BCUT2D eigenvalue weighted by Crippen LogP contribution is 2.14. The van der Waals surface area contributed by atoms with Crippen LogP contribution in [0.25, 0.3) is 0 Å². The maximum Gasteiger partial charge on any atom is 0.307 e. The summed E-state index contributed by atoms with van der Waals surface area (Å²) in [7, 11) is 2.38. The molecule has 0 aliphatic carbocycles. The molecule has 0 spiro atoms. The zero-order valence-electron chi connectivity index (χ0n) is 43.4. The lowest BCUT2D eigenvalue weighted by molar-refractivity contribution is -0.913. The molecular weight excluding hydrogens is 924 g/mol. The van der Waals surface area contributed by atoms with Crippen molar-refractivity contribution in [2.24, 2.45) is 0 Å². The summed E-state index contributed by atoms with van der Waals surface area (Å²) in [6, 6.07) is 0. The van der Waals surface area contributed by atoms with Crippen molar-refractivity contribution in [3.05, 3.63) is 12.2 Å². The second kappa shape index (κ2) is 54.5. The number of piperazine rings is 1. The first-order valence-electron chi connectivity index (χ1n) is 26.7. The lowest BCUT2D eigenvalue weighted by atomic mass is 10.1. The predicted molar refractivity (Wildman–Crippen MR) is 265 cm³/mol. The fourth-order valence-corrected chi connectivity index (χ4v) is 7.43. The number of hydrogen-bond acceptors (Lipinski definition) is 13. The zero-order valence-corrected chi connectivity index (χ0v) is 44.9. The van der Waals surface area contributed by atoms with E-state index in [0.717, 1.165) is 50.2 Å². The molecule has 14 nitrogen and oxygen atoms in total. The number of carbonyl (C=O) groups is 1. The second-order valence-corrected chi connectivity index (χ2v) is 17.7. The number of ether oxygens (including phenoxy) is 11. The molecule has 1 aliphatic heterocycles. The molecule has 1 fully saturated rings. The standard InChI is InChI=1S/C52H103N2O12.BrH/c1-4-6-8-10-11-12-13-14-15-16-17-18-19-20-21-23-31-56-32-33-57-34-35-58-36-37-59-38-39-60-40-41-61-42-43-62-44-45-63-46-47-64-48-49-65-50-51-66-52(55)24-25-53-26-29-54(3,30-27-53)28-22-9-7-5-2;/h14-15H,4-13,16-51H2,1-3H3;1H/q+1;/p-1. The van der Waals surface area contributed by atoms with Crippen molar-refractivity contribution >= 4 is 5.97 Å². The van der Waals surface area contributed by atoms with E-state index in [-0.39, 0.29) is 29.6 Å². The van der Waals surface area contributed by atoms with Crippen LogP contribution in [0.4, 0.5) is 0 Å². The molecule has 0 unspecified atom stereocenters. The highest BCUT2D eigenvalue weighted by atomic mass is 79.9. The van der Waals surface area contributed by atoms with Gasteiger partial charge in [0.25, 0.3) is 0 Å². The number of quaternary nitrogens is 1. The summed E-state index contributed by atoms with van der Waals surface area (Å²) in [5, 5.41) is 0. The molecule has 0 aromatic rings. The number of rotatable bonds is 54. The fourth-order valence-electron chi connectivity index (χ4n) is 7.43. The topological polar surface area (TPSA) is 122 Å². The summed E-state index contributed by atoms with van der Waals surface area (Å²) in [6.07, 6.45) is 29.0. The number of carbonyl (C=O) groups excluding carboxylic acids is 1. The van der Waals surface area contributed by atoms with E-state index >= 15 is 0 Å². The molecule has 1 rings (SSSR count). The van der Waals surface area contributed by atoms with Gasteiger partial charge in [-0.25, -0.2) is 0 Å². The highest BCUT2D eigenvalue weighted by molar-refractivity contribution is 5.69. The Bertz CT molecular complexity index is 1010. The van der Waals surface area contributed by atoms with Gasteiger partial charge in [-0.1, -0.05) is 96.6 Å². The quantitative estimate of drug-likeness (QED) is 0.0332. The van der Waals surface area contributed by atoms with Crippen LogP contribution in [0.1, 0.15) is 136 Å². The molecule has 67 heavy (non-hydrogen) atoms. The van der Waals surface area contributed by atoms with E-state index in [1.54, 1.807) is 0 Å². The first kappa shape index (κ1) is 66.2. The molecule has 0 radical (unpaired) electrons. The molecule has 1 aliphatic rings. The summed E-state index contributed by atoms with van der Waals surface area (Å²) in [5.74, 6) is -0.157. The average molecular weight is 1030 g/mol. The molecule has 0 bridgehead atoms. The normalized spacial score (nSPS) is 14.0. The lowest BCUT2D eigenvalue weighted by Crippen LogP contribution is -3.00.